The van der Waals surface area contributed by atoms with Gasteiger partial charge in [0.2, 0.25) is 5.91 Å². The minimum absolute atomic E-state index is 0.0490. The first-order valence-corrected chi connectivity index (χ1v) is 8.65. The summed E-state index contributed by atoms with van der Waals surface area (Å²) < 4.78 is 0. The average Bonchev–Trinajstić information content (AvgIpc) is 2.61. The molecule has 1 atom stereocenters. The van der Waals surface area contributed by atoms with E-state index in [9.17, 15) is 14.4 Å². The van der Waals surface area contributed by atoms with Crippen molar-refractivity contribution in [3.05, 3.63) is 35.4 Å². The van der Waals surface area contributed by atoms with Gasteiger partial charge in [-0.25, -0.2) is 0 Å². The third kappa shape index (κ3) is 4.81. The molecule has 1 saturated heterocycles. The fourth-order valence-corrected chi connectivity index (χ4v) is 3.09. The Morgan fingerprint density at radius 3 is 2.44 bits per heavy atom. The van der Waals surface area contributed by atoms with Crippen LogP contribution in [0.3, 0.4) is 0 Å². The van der Waals surface area contributed by atoms with Gasteiger partial charge in [-0.15, -0.1) is 0 Å². The summed E-state index contributed by atoms with van der Waals surface area (Å²) in [7, 11) is 1.77. The number of carboxylic acids is 1. The van der Waals surface area contributed by atoms with Crippen LogP contribution in [0.2, 0.25) is 0 Å². The number of benzene rings is 1. The number of carbonyl (C=O) groups is 3. The van der Waals surface area contributed by atoms with Crippen LogP contribution in [-0.2, 0) is 16.1 Å². The summed E-state index contributed by atoms with van der Waals surface area (Å²) in [6.07, 6.45) is 1.33. The van der Waals surface area contributed by atoms with Crippen molar-refractivity contribution in [3.8, 4) is 0 Å². The highest BCUT2D eigenvalue weighted by atomic mass is 16.4. The SMILES string of the molecule is CC(C)C(=O)N(C)Cc1ccc(C(=O)N2CCCC(C(=O)O)C2)cc1. The topological polar surface area (TPSA) is 77.9 Å². The standard InChI is InChI=1S/C19H26N2O4/c1-13(2)17(22)20(3)11-14-6-8-15(9-7-14)18(23)21-10-4-5-16(12-21)19(24)25/h6-9,13,16H,4-5,10-12H2,1-3H3,(H,24,25). The lowest BCUT2D eigenvalue weighted by molar-refractivity contribution is -0.143. The number of nitrogens with zero attached hydrogens (tertiary/aromatic N) is 2. The Morgan fingerprint density at radius 1 is 1.24 bits per heavy atom. The monoisotopic (exact) mass is 346 g/mol. The highest BCUT2D eigenvalue weighted by molar-refractivity contribution is 5.94. The Kier molecular flexibility index (Phi) is 6.17. The fraction of sp³-hybridized carbons (Fsp3) is 0.526. The van der Waals surface area contributed by atoms with Crippen LogP contribution in [0.1, 0.15) is 42.6 Å². The second-order valence-electron chi connectivity index (χ2n) is 6.97. The molecule has 0 bridgehead atoms. The zero-order valence-electron chi connectivity index (χ0n) is 15.1. The maximum Gasteiger partial charge on any atom is 0.308 e. The molecule has 2 amide bonds. The van der Waals surface area contributed by atoms with Crippen molar-refractivity contribution in [2.24, 2.45) is 11.8 Å². The average molecular weight is 346 g/mol. The molecule has 1 unspecified atom stereocenters. The minimum atomic E-state index is -0.842. The molecule has 1 aromatic rings. The smallest absolute Gasteiger partial charge is 0.308 e. The van der Waals surface area contributed by atoms with Gasteiger partial charge in [-0.3, -0.25) is 14.4 Å². The Hall–Kier alpha value is -2.37. The predicted octanol–water partition coefficient (Wildman–Crippen LogP) is 2.24. The summed E-state index contributed by atoms with van der Waals surface area (Å²) >= 11 is 0. The van der Waals surface area contributed by atoms with Gasteiger partial charge in [-0.05, 0) is 30.5 Å². The molecule has 6 nitrogen and oxygen atoms in total. The molecule has 25 heavy (non-hydrogen) atoms. The van der Waals surface area contributed by atoms with Gasteiger partial charge in [-0.1, -0.05) is 26.0 Å². The summed E-state index contributed by atoms with van der Waals surface area (Å²) in [6.45, 7) is 5.08. The van der Waals surface area contributed by atoms with E-state index in [-0.39, 0.29) is 24.3 Å². The summed E-state index contributed by atoms with van der Waals surface area (Å²) in [5, 5.41) is 9.14. The van der Waals surface area contributed by atoms with E-state index in [4.69, 9.17) is 5.11 Å². The number of piperidine rings is 1. The van der Waals surface area contributed by atoms with Gasteiger partial charge in [-0.2, -0.15) is 0 Å². The van der Waals surface area contributed by atoms with Crippen LogP contribution in [0.25, 0.3) is 0 Å². The van der Waals surface area contributed by atoms with E-state index in [0.29, 0.717) is 31.5 Å². The second kappa shape index (κ2) is 8.14. The Balaban J connectivity index is 2.00. The number of likely N-dealkylation sites (tertiary alicyclic amines) is 1. The molecule has 0 radical (unpaired) electrons. The quantitative estimate of drug-likeness (QED) is 0.887. The van der Waals surface area contributed by atoms with E-state index in [1.807, 2.05) is 26.0 Å². The molecule has 0 aromatic heterocycles. The van der Waals surface area contributed by atoms with Crippen LogP contribution in [-0.4, -0.2) is 52.8 Å². The Bertz CT molecular complexity index is 639. The summed E-state index contributed by atoms with van der Waals surface area (Å²) in [5.74, 6) is -1.43. The van der Waals surface area contributed by atoms with Crippen molar-refractivity contribution in [3.63, 3.8) is 0 Å². The summed E-state index contributed by atoms with van der Waals surface area (Å²) in [6, 6.07) is 7.18. The number of carboxylic acid groups (broad SMARTS) is 1. The maximum absolute atomic E-state index is 12.6. The zero-order valence-corrected chi connectivity index (χ0v) is 15.1. The lowest BCUT2D eigenvalue weighted by Crippen LogP contribution is -2.42. The lowest BCUT2D eigenvalue weighted by Gasteiger charge is -2.30. The first-order chi connectivity index (χ1) is 11.8. The largest absolute Gasteiger partial charge is 0.481 e. The molecule has 1 aliphatic rings. The van der Waals surface area contributed by atoms with Crippen LogP contribution in [0.4, 0.5) is 0 Å². The molecule has 1 fully saturated rings. The predicted molar refractivity (Wildman–Crippen MR) is 94.0 cm³/mol. The highest BCUT2D eigenvalue weighted by Gasteiger charge is 2.28. The second-order valence-corrected chi connectivity index (χ2v) is 6.97. The van der Waals surface area contributed by atoms with Gasteiger partial charge in [0.05, 0.1) is 5.92 Å². The number of aliphatic carboxylic acids is 1. The van der Waals surface area contributed by atoms with Crippen molar-refractivity contribution < 1.29 is 19.5 Å². The van der Waals surface area contributed by atoms with Crippen LogP contribution in [0.15, 0.2) is 24.3 Å². The van der Waals surface area contributed by atoms with Crippen molar-refractivity contribution in [2.75, 3.05) is 20.1 Å². The van der Waals surface area contributed by atoms with Crippen LogP contribution >= 0.6 is 0 Å². The van der Waals surface area contributed by atoms with E-state index in [1.165, 1.54) is 0 Å². The Labute approximate surface area is 148 Å². The van der Waals surface area contributed by atoms with Gasteiger partial charge < -0.3 is 14.9 Å². The van der Waals surface area contributed by atoms with E-state index < -0.39 is 11.9 Å². The molecule has 1 N–H and O–H groups in total. The highest BCUT2D eigenvalue weighted by Crippen LogP contribution is 2.19. The molecule has 6 heteroatoms. The molecule has 1 aliphatic heterocycles. The van der Waals surface area contributed by atoms with E-state index in [1.54, 1.807) is 29.0 Å². The Morgan fingerprint density at radius 2 is 1.88 bits per heavy atom. The summed E-state index contributed by atoms with van der Waals surface area (Å²) in [5.41, 5.74) is 1.50. The van der Waals surface area contributed by atoms with Gasteiger partial charge in [0.25, 0.3) is 5.91 Å². The normalized spacial score (nSPS) is 17.4. The van der Waals surface area contributed by atoms with Crippen LogP contribution in [0, 0.1) is 11.8 Å². The van der Waals surface area contributed by atoms with E-state index in [0.717, 1.165) is 5.56 Å². The molecule has 2 rings (SSSR count). The van der Waals surface area contributed by atoms with E-state index >= 15 is 0 Å². The molecule has 0 spiro atoms. The molecule has 1 aromatic carbocycles. The fourth-order valence-electron chi connectivity index (χ4n) is 3.09. The van der Waals surface area contributed by atoms with Gasteiger partial charge >= 0.3 is 5.97 Å². The van der Waals surface area contributed by atoms with Crippen molar-refractivity contribution in [2.45, 2.75) is 33.2 Å². The number of rotatable bonds is 5. The number of amides is 2. The maximum atomic E-state index is 12.6. The first-order valence-electron chi connectivity index (χ1n) is 8.65. The molecule has 0 saturated carbocycles. The van der Waals surface area contributed by atoms with Crippen LogP contribution < -0.4 is 0 Å². The number of hydrogen-bond donors (Lipinski definition) is 1. The lowest BCUT2D eigenvalue weighted by atomic mass is 9.97. The van der Waals surface area contributed by atoms with Crippen LogP contribution in [0.5, 0.6) is 0 Å². The molecule has 1 heterocycles. The zero-order chi connectivity index (χ0) is 18.6. The van der Waals surface area contributed by atoms with E-state index in [2.05, 4.69) is 0 Å². The molecular weight excluding hydrogens is 320 g/mol. The number of hydrogen-bond acceptors (Lipinski definition) is 3. The van der Waals surface area contributed by atoms with Gasteiger partial charge in [0.15, 0.2) is 0 Å². The summed E-state index contributed by atoms with van der Waals surface area (Å²) in [4.78, 5) is 38.9. The molecule has 0 aliphatic carbocycles. The minimum Gasteiger partial charge on any atom is -0.481 e. The van der Waals surface area contributed by atoms with Crippen molar-refractivity contribution in [1.29, 1.82) is 0 Å². The molecule has 136 valence electrons. The number of carbonyl (C=O) groups excluding carboxylic acids is 2. The first kappa shape index (κ1) is 19.0. The van der Waals surface area contributed by atoms with Crippen molar-refractivity contribution >= 4 is 17.8 Å². The molecular formula is C19H26N2O4. The third-order valence-electron chi connectivity index (χ3n) is 4.55. The third-order valence-corrected chi connectivity index (χ3v) is 4.55. The van der Waals surface area contributed by atoms with Gasteiger partial charge in [0.1, 0.15) is 0 Å². The van der Waals surface area contributed by atoms with Crippen molar-refractivity contribution in [1.82, 2.24) is 9.80 Å². The van der Waals surface area contributed by atoms with Gasteiger partial charge in [0, 0.05) is 38.2 Å².